The number of piperidine rings is 1. The molecule has 2 N–H and O–H groups in total. The number of carbonyl (C=O) groups is 2. The van der Waals surface area contributed by atoms with Gasteiger partial charge < -0.3 is 25.5 Å². The van der Waals surface area contributed by atoms with E-state index in [0.717, 1.165) is 6.07 Å². The van der Waals surface area contributed by atoms with Crippen LogP contribution in [0.1, 0.15) is 33.6 Å². The van der Waals surface area contributed by atoms with Crippen molar-refractivity contribution in [3.05, 3.63) is 86.9 Å². The normalized spacial score (nSPS) is 13.9. The maximum absolute atomic E-state index is 14.2. The summed E-state index contributed by atoms with van der Waals surface area (Å²) >= 11 is 12.3. The zero-order valence-electron chi connectivity index (χ0n) is 21.0. The Balaban J connectivity index is 0.00000441. The van der Waals surface area contributed by atoms with Gasteiger partial charge in [0.2, 0.25) is 0 Å². The average Bonchev–Trinajstić information content (AvgIpc) is 2.88. The Kier molecular flexibility index (Phi) is 10.8. The molecule has 1 fully saturated rings. The molecule has 0 atom stereocenters. The first-order valence-corrected chi connectivity index (χ1v) is 12.6. The van der Waals surface area contributed by atoms with Crippen LogP contribution in [0.4, 0.5) is 23.2 Å². The van der Waals surface area contributed by atoms with Gasteiger partial charge in [-0.1, -0.05) is 47.1 Å². The number of carbonyl (C=O) groups excluding carboxylic acids is 2. The molecule has 6 nitrogen and oxygen atoms in total. The summed E-state index contributed by atoms with van der Waals surface area (Å²) in [5.41, 5.74) is 6.11. The second-order valence-electron chi connectivity index (χ2n) is 8.92. The van der Waals surface area contributed by atoms with E-state index in [9.17, 15) is 27.2 Å². The molecular weight excluding hydrogens is 674 g/mol. The third-order valence-electron chi connectivity index (χ3n) is 6.10. The van der Waals surface area contributed by atoms with Crippen LogP contribution in [-0.4, -0.2) is 48.6 Å². The first-order chi connectivity index (χ1) is 18.4. The van der Waals surface area contributed by atoms with Crippen molar-refractivity contribution in [3.8, 4) is 16.9 Å². The van der Waals surface area contributed by atoms with E-state index >= 15 is 0 Å². The number of rotatable bonds is 6. The maximum atomic E-state index is 14.2. The smallest absolute Gasteiger partial charge is 0.422 e. The van der Waals surface area contributed by atoms with Gasteiger partial charge >= 0.3 is 6.18 Å². The van der Waals surface area contributed by atoms with Crippen LogP contribution in [0.15, 0.2) is 54.6 Å². The summed E-state index contributed by atoms with van der Waals surface area (Å²) in [4.78, 5) is 27.4. The van der Waals surface area contributed by atoms with Gasteiger partial charge in [0.1, 0.15) is 11.6 Å². The van der Waals surface area contributed by atoms with Gasteiger partial charge in [0, 0.05) is 62.6 Å². The molecule has 13 heteroatoms. The fourth-order valence-electron chi connectivity index (χ4n) is 4.08. The third kappa shape index (κ3) is 7.86. The van der Waals surface area contributed by atoms with Crippen LogP contribution in [0, 0.1) is 5.82 Å². The Labute approximate surface area is 257 Å². The minimum Gasteiger partial charge on any atom is -0.620 e. The molecule has 0 radical (unpaired) electrons. The van der Waals surface area contributed by atoms with Crippen molar-refractivity contribution in [2.24, 2.45) is 5.73 Å². The molecule has 0 spiro atoms. The van der Waals surface area contributed by atoms with E-state index in [0.29, 0.717) is 42.6 Å². The predicted octanol–water partition coefficient (Wildman–Crippen LogP) is 7.15. The van der Waals surface area contributed by atoms with Crippen molar-refractivity contribution in [1.29, 1.82) is 0 Å². The fraction of sp³-hybridized carbons (Fsp3) is 0.259. The molecule has 0 saturated carbocycles. The van der Waals surface area contributed by atoms with Crippen molar-refractivity contribution in [3.63, 3.8) is 0 Å². The first-order valence-electron chi connectivity index (χ1n) is 11.8. The van der Waals surface area contributed by atoms with E-state index in [1.165, 1.54) is 42.5 Å². The topological polar surface area (TPSA) is 86.7 Å². The van der Waals surface area contributed by atoms with Crippen LogP contribution in [0.5, 0.6) is 5.75 Å². The summed E-state index contributed by atoms with van der Waals surface area (Å²) in [6, 6.07) is 12.1. The number of alkyl halides is 3. The van der Waals surface area contributed by atoms with Gasteiger partial charge in [-0.3, -0.25) is 4.79 Å². The Morgan fingerprint density at radius 3 is 2.38 bits per heavy atom. The fourth-order valence-corrected chi connectivity index (χ4v) is 4.55. The van der Waals surface area contributed by atoms with Crippen molar-refractivity contribution >= 4 is 40.7 Å². The van der Waals surface area contributed by atoms with Crippen LogP contribution >= 0.6 is 23.2 Å². The van der Waals surface area contributed by atoms with E-state index < -0.39 is 35.8 Å². The molecule has 4 rings (SSSR count). The van der Waals surface area contributed by atoms with Crippen LogP contribution in [0.3, 0.4) is 0 Å². The third-order valence-corrected chi connectivity index (χ3v) is 6.75. The van der Waals surface area contributed by atoms with Gasteiger partial charge in [-0.25, -0.2) is 4.39 Å². The molecule has 0 bridgehead atoms. The Morgan fingerprint density at radius 1 is 1.02 bits per heavy atom. The zero-order chi connectivity index (χ0) is 28.3. The zero-order valence-corrected chi connectivity index (χ0v) is 26.5. The Morgan fingerprint density at radius 2 is 1.73 bits per heavy atom. The number of nitrogens with two attached hydrogens (primary N) is 1. The molecule has 1 aliphatic heterocycles. The van der Waals surface area contributed by atoms with Crippen LogP contribution in [0.2, 0.25) is 10.0 Å². The standard InChI is InChI=1S/C27H23Cl2F4N3O3.Cd/c28-19-6-4-16(26(38)36-10-8-17(34)9-11-36)12-18(19)15-5-7-22(23(13-15)39-14-27(31,32)33)35-25(37)24-20(29)2-1-3-21(24)30;/h1-7,12-13,17H,8-11,14,34H2,(H,35,37);/p-1. The van der Waals surface area contributed by atoms with Crippen LogP contribution in [0.25, 0.3) is 16.4 Å². The van der Waals surface area contributed by atoms with Gasteiger partial charge in [-0.15, -0.1) is 0 Å². The van der Waals surface area contributed by atoms with Gasteiger partial charge in [-0.2, -0.15) is 13.2 Å². The molecule has 3 aromatic carbocycles. The van der Waals surface area contributed by atoms with Crippen molar-refractivity contribution in [2.45, 2.75) is 25.1 Å². The summed E-state index contributed by atoms with van der Waals surface area (Å²) < 4.78 is 58.1. The molecule has 1 aliphatic rings. The van der Waals surface area contributed by atoms with E-state index in [-0.39, 0.29) is 55.0 Å². The molecule has 0 aromatic heterocycles. The molecule has 1 saturated heterocycles. The van der Waals surface area contributed by atoms with Gasteiger partial charge in [0.25, 0.3) is 5.91 Å². The predicted molar refractivity (Wildman–Crippen MR) is 140 cm³/mol. The summed E-state index contributed by atoms with van der Waals surface area (Å²) in [7, 11) is 0. The Hall–Kier alpha value is -2.42. The second kappa shape index (κ2) is 13.5. The monoisotopic (exact) mass is 696 g/mol. The minimum atomic E-state index is -4.69. The van der Waals surface area contributed by atoms with Crippen LogP contribution < -0.4 is 10.5 Å². The van der Waals surface area contributed by atoms with Gasteiger partial charge in [0.05, 0.1) is 16.5 Å². The average molecular weight is 696 g/mol. The van der Waals surface area contributed by atoms with E-state index in [1.807, 2.05) is 0 Å². The van der Waals surface area contributed by atoms with Gasteiger partial charge in [-0.05, 0) is 54.8 Å². The molecule has 208 valence electrons. The molecule has 0 aliphatic carbocycles. The number of hydrogen-bond acceptors (Lipinski definition) is 4. The number of ether oxygens (including phenoxy) is 1. The van der Waals surface area contributed by atoms with Crippen molar-refractivity contribution in [2.75, 3.05) is 19.7 Å². The van der Waals surface area contributed by atoms with Gasteiger partial charge in [0.15, 0.2) is 6.61 Å². The van der Waals surface area contributed by atoms with E-state index in [2.05, 4.69) is 5.32 Å². The maximum Gasteiger partial charge on any atom is 0.422 e. The van der Waals surface area contributed by atoms with Crippen molar-refractivity contribution < 1.29 is 59.2 Å². The summed E-state index contributed by atoms with van der Waals surface area (Å²) in [5.74, 6) is -2.67. The molecular formula is C27H22CdCl2F4N3O3-. The SMILES string of the molecule is NC1CCN(C(=O)c2ccc(Cl)c(-c3ccc([N-]C(=O)c4c(F)cccc4Cl)c(OCC(F)(F)F)c3)c2)CC1.[Cd]. The second-order valence-corrected chi connectivity index (χ2v) is 9.74. The first kappa shape index (κ1) is 32.1. The number of likely N-dealkylation sites (tertiary alicyclic amines) is 1. The number of hydrogen-bond donors (Lipinski definition) is 1. The largest absolute Gasteiger partial charge is 0.620 e. The molecule has 2 amide bonds. The number of amides is 2. The number of nitrogens with zero attached hydrogens (tertiary/aromatic N) is 2. The summed E-state index contributed by atoms with van der Waals surface area (Å²) in [5, 5.41) is 3.79. The molecule has 3 aromatic rings. The summed E-state index contributed by atoms with van der Waals surface area (Å²) in [6.45, 7) is -0.662. The summed E-state index contributed by atoms with van der Waals surface area (Å²) in [6.07, 6.45) is -3.34. The van der Waals surface area contributed by atoms with Crippen molar-refractivity contribution in [1.82, 2.24) is 4.90 Å². The number of benzene rings is 3. The molecule has 1 heterocycles. The quantitative estimate of drug-likeness (QED) is 0.219. The number of halogens is 6. The minimum absolute atomic E-state index is 0. The Bertz CT molecular complexity index is 1380. The van der Waals surface area contributed by atoms with E-state index in [1.54, 1.807) is 11.0 Å². The molecule has 0 unspecified atom stereocenters. The van der Waals surface area contributed by atoms with Crippen LogP contribution in [-0.2, 0) is 27.3 Å². The molecule has 40 heavy (non-hydrogen) atoms. The van der Waals surface area contributed by atoms with E-state index in [4.69, 9.17) is 33.7 Å².